The number of aliphatic hydroxyl groups is 1. The smallest absolute Gasteiger partial charge is 0.103 e. The van der Waals surface area contributed by atoms with Crippen molar-refractivity contribution in [3.63, 3.8) is 0 Å². The van der Waals surface area contributed by atoms with Crippen LogP contribution in [0, 0.1) is 0 Å². The Hall–Kier alpha value is -0.860. The lowest BCUT2D eigenvalue weighted by Gasteiger charge is -2.26. The first-order valence-electron chi connectivity index (χ1n) is 7.46. The van der Waals surface area contributed by atoms with E-state index in [9.17, 15) is 5.11 Å². The molecule has 0 aromatic heterocycles. The summed E-state index contributed by atoms with van der Waals surface area (Å²) in [7, 11) is 0. The Morgan fingerprint density at radius 1 is 1.16 bits per heavy atom. The first-order valence-corrected chi connectivity index (χ1v) is 7.46. The fraction of sp³-hybridized carbons (Fsp3) is 0.647. The van der Waals surface area contributed by atoms with E-state index in [0.29, 0.717) is 0 Å². The molecule has 19 heavy (non-hydrogen) atoms. The second-order valence-electron chi connectivity index (χ2n) is 7.31. The number of likely N-dealkylation sites (tertiary alicyclic amines) is 1. The number of rotatable bonds is 2. The van der Waals surface area contributed by atoms with Gasteiger partial charge in [-0.05, 0) is 35.8 Å². The van der Waals surface area contributed by atoms with Gasteiger partial charge in [-0.25, -0.2) is 0 Å². The molecule has 1 saturated carbocycles. The molecule has 0 radical (unpaired) electrons. The molecule has 2 nitrogen and oxygen atoms in total. The maximum Gasteiger partial charge on any atom is 0.103 e. The van der Waals surface area contributed by atoms with Gasteiger partial charge in [-0.3, -0.25) is 4.90 Å². The topological polar surface area (TPSA) is 23.5 Å². The molecule has 1 N–H and O–H groups in total. The molecule has 1 aromatic rings. The van der Waals surface area contributed by atoms with E-state index in [1.54, 1.807) is 0 Å². The molecule has 1 heterocycles. The highest BCUT2D eigenvalue weighted by molar-refractivity contribution is 5.32. The molecule has 1 saturated heterocycles. The number of hydrogen-bond acceptors (Lipinski definition) is 2. The summed E-state index contributed by atoms with van der Waals surface area (Å²) >= 11 is 0. The second-order valence-corrected chi connectivity index (χ2v) is 7.31. The largest absolute Gasteiger partial charge is 0.384 e. The summed E-state index contributed by atoms with van der Waals surface area (Å²) in [6.07, 6.45) is 3.51. The van der Waals surface area contributed by atoms with E-state index in [1.807, 2.05) is 0 Å². The van der Waals surface area contributed by atoms with Crippen molar-refractivity contribution < 1.29 is 5.11 Å². The summed E-state index contributed by atoms with van der Waals surface area (Å²) in [5, 5.41) is 10.9. The third-order valence-corrected chi connectivity index (χ3v) is 4.63. The molecule has 3 rings (SSSR count). The first-order chi connectivity index (χ1) is 8.88. The average molecular weight is 259 g/mol. The molecule has 1 aliphatic heterocycles. The molecule has 1 atom stereocenters. The minimum absolute atomic E-state index is 0.177. The van der Waals surface area contributed by atoms with Crippen LogP contribution in [0.15, 0.2) is 24.3 Å². The van der Waals surface area contributed by atoms with Crippen molar-refractivity contribution in [2.45, 2.75) is 57.1 Å². The van der Waals surface area contributed by atoms with Crippen molar-refractivity contribution in [3.05, 3.63) is 35.4 Å². The molecular formula is C17H25NO. The predicted octanol–water partition coefficient (Wildman–Crippen LogP) is 3.04. The third-order valence-electron chi connectivity index (χ3n) is 4.63. The molecular weight excluding hydrogens is 234 g/mol. The zero-order valence-electron chi connectivity index (χ0n) is 12.3. The minimum atomic E-state index is -0.626. The van der Waals surface area contributed by atoms with Gasteiger partial charge in [-0.2, -0.15) is 0 Å². The lowest BCUT2D eigenvalue weighted by atomic mass is 9.84. The van der Waals surface area contributed by atoms with Gasteiger partial charge < -0.3 is 5.11 Å². The molecule has 104 valence electrons. The van der Waals surface area contributed by atoms with Crippen LogP contribution in [0.2, 0.25) is 0 Å². The van der Waals surface area contributed by atoms with Crippen LogP contribution in [-0.2, 0) is 11.0 Å². The highest BCUT2D eigenvalue weighted by atomic mass is 16.3. The van der Waals surface area contributed by atoms with E-state index in [2.05, 4.69) is 49.9 Å². The van der Waals surface area contributed by atoms with Crippen molar-refractivity contribution in [1.82, 2.24) is 4.90 Å². The van der Waals surface area contributed by atoms with Gasteiger partial charge in [-0.1, -0.05) is 45.0 Å². The zero-order valence-corrected chi connectivity index (χ0v) is 12.3. The maximum absolute atomic E-state index is 10.9. The van der Waals surface area contributed by atoms with Gasteiger partial charge in [0.1, 0.15) is 5.60 Å². The van der Waals surface area contributed by atoms with Gasteiger partial charge in [0.2, 0.25) is 0 Å². The first kappa shape index (κ1) is 13.1. The highest BCUT2D eigenvalue weighted by Gasteiger charge is 2.42. The van der Waals surface area contributed by atoms with Crippen molar-refractivity contribution in [2.24, 2.45) is 0 Å². The standard InChI is InChI=1S/C17H25NO/c1-16(2,3)13-4-6-14(7-5-13)17(19)10-11-18(12-17)15-8-9-15/h4-7,15,19H,8-12H2,1-3H3. The summed E-state index contributed by atoms with van der Waals surface area (Å²) < 4.78 is 0. The van der Waals surface area contributed by atoms with Crippen molar-refractivity contribution >= 4 is 0 Å². The summed E-state index contributed by atoms with van der Waals surface area (Å²) in [4.78, 5) is 2.46. The van der Waals surface area contributed by atoms with Crippen LogP contribution in [0.1, 0.15) is 51.2 Å². The fourth-order valence-electron chi connectivity index (χ4n) is 3.09. The van der Waals surface area contributed by atoms with Gasteiger partial charge in [0.25, 0.3) is 0 Å². The third kappa shape index (κ3) is 2.56. The van der Waals surface area contributed by atoms with Crippen LogP contribution in [0.4, 0.5) is 0 Å². The molecule has 1 aromatic carbocycles. The van der Waals surface area contributed by atoms with Crippen LogP contribution < -0.4 is 0 Å². The average Bonchev–Trinajstić information content (AvgIpc) is 3.12. The molecule has 0 spiro atoms. The SMILES string of the molecule is CC(C)(C)c1ccc(C2(O)CCN(C3CC3)C2)cc1. The number of hydrogen-bond donors (Lipinski definition) is 1. The lowest BCUT2D eigenvalue weighted by molar-refractivity contribution is 0.0452. The predicted molar refractivity (Wildman–Crippen MR) is 78.3 cm³/mol. The summed E-state index contributed by atoms with van der Waals surface area (Å²) in [6, 6.07) is 9.34. The highest BCUT2D eigenvalue weighted by Crippen LogP contribution is 2.38. The van der Waals surface area contributed by atoms with E-state index < -0.39 is 5.60 Å². The van der Waals surface area contributed by atoms with Crippen LogP contribution in [0.25, 0.3) is 0 Å². The van der Waals surface area contributed by atoms with Gasteiger partial charge in [0, 0.05) is 19.1 Å². The van der Waals surface area contributed by atoms with Crippen LogP contribution in [0.5, 0.6) is 0 Å². The van der Waals surface area contributed by atoms with Crippen LogP contribution >= 0.6 is 0 Å². The molecule has 0 amide bonds. The number of nitrogens with zero attached hydrogens (tertiary/aromatic N) is 1. The molecule has 2 aliphatic rings. The van der Waals surface area contributed by atoms with Crippen LogP contribution in [0.3, 0.4) is 0 Å². The quantitative estimate of drug-likeness (QED) is 0.882. The molecule has 0 bridgehead atoms. The minimum Gasteiger partial charge on any atom is -0.384 e. The Labute approximate surface area is 116 Å². The zero-order chi connectivity index (χ0) is 13.7. The van der Waals surface area contributed by atoms with Crippen molar-refractivity contribution in [2.75, 3.05) is 13.1 Å². The van der Waals surface area contributed by atoms with Crippen molar-refractivity contribution in [3.8, 4) is 0 Å². The van der Waals surface area contributed by atoms with Crippen LogP contribution in [-0.4, -0.2) is 29.1 Å². The normalized spacial score (nSPS) is 28.8. The summed E-state index contributed by atoms with van der Waals surface area (Å²) in [5.74, 6) is 0. The lowest BCUT2D eigenvalue weighted by Crippen LogP contribution is -2.31. The molecule has 1 aliphatic carbocycles. The van der Waals surface area contributed by atoms with Gasteiger partial charge in [0.15, 0.2) is 0 Å². The van der Waals surface area contributed by atoms with Gasteiger partial charge in [0.05, 0.1) is 0 Å². The van der Waals surface area contributed by atoms with Crippen molar-refractivity contribution in [1.29, 1.82) is 0 Å². The van der Waals surface area contributed by atoms with E-state index in [0.717, 1.165) is 31.1 Å². The van der Waals surface area contributed by atoms with E-state index >= 15 is 0 Å². The van der Waals surface area contributed by atoms with Gasteiger partial charge >= 0.3 is 0 Å². The Morgan fingerprint density at radius 3 is 2.32 bits per heavy atom. The Morgan fingerprint density at radius 2 is 1.79 bits per heavy atom. The molecule has 1 unspecified atom stereocenters. The number of β-amino-alcohol motifs (C(OH)–C–C–N with tert-alkyl or cyclic N) is 1. The maximum atomic E-state index is 10.9. The van der Waals surface area contributed by atoms with E-state index in [-0.39, 0.29) is 5.41 Å². The Kier molecular flexibility index (Phi) is 2.99. The van der Waals surface area contributed by atoms with E-state index in [4.69, 9.17) is 0 Å². The Balaban J connectivity index is 1.78. The fourth-order valence-corrected chi connectivity index (χ4v) is 3.09. The monoisotopic (exact) mass is 259 g/mol. The van der Waals surface area contributed by atoms with E-state index in [1.165, 1.54) is 18.4 Å². The second kappa shape index (κ2) is 4.32. The Bertz CT molecular complexity index is 455. The molecule has 2 heteroatoms. The summed E-state index contributed by atoms with van der Waals surface area (Å²) in [5.41, 5.74) is 1.97. The summed E-state index contributed by atoms with van der Waals surface area (Å²) in [6.45, 7) is 8.53. The number of benzene rings is 1. The van der Waals surface area contributed by atoms with Gasteiger partial charge in [-0.15, -0.1) is 0 Å². The molecule has 2 fully saturated rings.